The third-order valence-electron chi connectivity index (χ3n) is 3.54. The number of carbonyl (C=O) groups excluding carboxylic acids is 1. The maximum atomic E-state index is 12.0. The van der Waals surface area contributed by atoms with Gasteiger partial charge in [-0.1, -0.05) is 17.7 Å². The Morgan fingerprint density at radius 3 is 2.84 bits per heavy atom. The predicted molar refractivity (Wildman–Crippen MR) is 75.2 cm³/mol. The van der Waals surface area contributed by atoms with Crippen LogP contribution in [0.3, 0.4) is 0 Å². The topological polar surface area (TPSA) is 52.6 Å². The van der Waals surface area contributed by atoms with Crippen LogP contribution in [0, 0.1) is 6.92 Å². The third kappa shape index (κ3) is 3.96. The summed E-state index contributed by atoms with van der Waals surface area (Å²) in [6, 6.07) is 5.61. The van der Waals surface area contributed by atoms with E-state index in [2.05, 4.69) is 5.32 Å². The van der Waals surface area contributed by atoms with Gasteiger partial charge in [-0.05, 0) is 31.4 Å². The zero-order valence-electron chi connectivity index (χ0n) is 11.5. The number of hydrogen-bond donors (Lipinski definition) is 2. The van der Waals surface area contributed by atoms with Crippen LogP contribution in [0.15, 0.2) is 18.2 Å². The lowest BCUT2D eigenvalue weighted by molar-refractivity contribution is -0.131. The van der Waals surface area contributed by atoms with E-state index in [1.54, 1.807) is 6.07 Å². The molecule has 1 heterocycles. The Morgan fingerprint density at radius 2 is 2.11 bits per heavy atom. The van der Waals surface area contributed by atoms with Crippen LogP contribution in [0.1, 0.15) is 24.0 Å². The summed E-state index contributed by atoms with van der Waals surface area (Å²) >= 11 is 0. The molecule has 1 amide bonds. The Morgan fingerprint density at radius 1 is 1.37 bits per heavy atom. The number of rotatable bonds is 4. The molecule has 0 atom stereocenters. The molecule has 0 aliphatic carbocycles. The van der Waals surface area contributed by atoms with E-state index in [1.165, 1.54) is 0 Å². The molecule has 4 nitrogen and oxygen atoms in total. The van der Waals surface area contributed by atoms with Gasteiger partial charge in [0.05, 0.1) is 0 Å². The van der Waals surface area contributed by atoms with Crippen LogP contribution >= 0.6 is 0 Å². The lowest BCUT2D eigenvalue weighted by Gasteiger charge is -2.27. The van der Waals surface area contributed by atoms with E-state index in [1.807, 2.05) is 24.0 Å². The van der Waals surface area contributed by atoms with Crippen molar-refractivity contribution < 1.29 is 9.90 Å². The minimum Gasteiger partial charge on any atom is -0.508 e. The smallest absolute Gasteiger partial charge is 0.222 e. The largest absolute Gasteiger partial charge is 0.508 e. The Kier molecular flexibility index (Phi) is 4.80. The highest BCUT2D eigenvalue weighted by Gasteiger charge is 2.15. The summed E-state index contributed by atoms with van der Waals surface area (Å²) < 4.78 is 0. The van der Waals surface area contributed by atoms with E-state index in [0.29, 0.717) is 12.2 Å². The van der Waals surface area contributed by atoms with Gasteiger partial charge >= 0.3 is 0 Å². The van der Waals surface area contributed by atoms with Crippen molar-refractivity contribution in [1.82, 2.24) is 10.2 Å². The first-order valence-corrected chi connectivity index (χ1v) is 6.94. The molecule has 2 N–H and O–H groups in total. The summed E-state index contributed by atoms with van der Waals surface area (Å²) in [6.07, 6.45) is 2.11. The number of nitrogens with zero attached hydrogens (tertiary/aromatic N) is 1. The maximum absolute atomic E-state index is 12.0. The number of hydrogen-bond acceptors (Lipinski definition) is 3. The number of aryl methyl sites for hydroxylation is 2. The number of phenols is 1. The average molecular weight is 262 g/mol. The highest BCUT2D eigenvalue weighted by Crippen LogP contribution is 2.20. The quantitative estimate of drug-likeness (QED) is 0.863. The summed E-state index contributed by atoms with van der Waals surface area (Å²) in [5.41, 5.74) is 2.08. The molecule has 1 aliphatic heterocycles. The molecular weight excluding hydrogens is 240 g/mol. The first-order valence-electron chi connectivity index (χ1n) is 6.94. The van der Waals surface area contributed by atoms with Gasteiger partial charge in [0.25, 0.3) is 0 Å². The SMILES string of the molecule is Cc1ccc(O)c(CCCC(=O)N2CCNCC2)c1. The molecule has 0 unspecified atom stereocenters. The first-order chi connectivity index (χ1) is 9.16. The number of piperazine rings is 1. The van der Waals surface area contributed by atoms with Crippen molar-refractivity contribution in [1.29, 1.82) is 0 Å². The molecule has 1 aliphatic rings. The molecule has 0 saturated carbocycles. The number of aromatic hydroxyl groups is 1. The zero-order chi connectivity index (χ0) is 13.7. The third-order valence-corrected chi connectivity index (χ3v) is 3.54. The van der Waals surface area contributed by atoms with Gasteiger partial charge in [0.2, 0.25) is 5.91 Å². The summed E-state index contributed by atoms with van der Waals surface area (Å²) in [4.78, 5) is 13.9. The molecule has 1 fully saturated rings. The second kappa shape index (κ2) is 6.57. The van der Waals surface area contributed by atoms with Crippen molar-refractivity contribution in [3.05, 3.63) is 29.3 Å². The normalized spacial score (nSPS) is 15.5. The zero-order valence-corrected chi connectivity index (χ0v) is 11.5. The number of carbonyl (C=O) groups is 1. The second-order valence-corrected chi connectivity index (χ2v) is 5.12. The van der Waals surface area contributed by atoms with E-state index in [-0.39, 0.29) is 5.91 Å². The number of benzene rings is 1. The van der Waals surface area contributed by atoms with E-state index in [0.717, 1.165) is 50.1 Å². The second-order valence-electron chi connectivity index (χ2n) is 5.12. The van der Waals surface area contributed by atoms with Gasteiger partial charge in [0.15, 0.2) is 0 Å². The number of amides is 1. The number of nitrogens with one attached hydrogen (secondary N) is 1. The van der Waals surface area contributed by atoms with Gasteiger partial charge in [-0.3, -0.25) is 4.79 Å². The Hall–Kier alpha value is -1.55. The highest BCUT2D eigenvalue weighted by molar-refractivity contribution is 5.76. The molecule has 1 saturated heterocycles. The van der Waals surface area contributed by atoms with Crippen molar-refractivity contribution >= 4 is 5.91 Å². The molecule has 1 aromatic rings. The fourth-order valence-corrected chi connectivity index (χ4v) is 2.42. The summed E-state index contributed by atoms with van der Waals surface area (Å²) in [7, 11) is 0. The molecule has 0 bridgehead atoms. The van der Waals surface area contributed by atoms with Gasteiger partial charge in [-0.2, -0.15) is 0 Å². The first kappa shape index (κ1) is 13.9. The number of phenolic OH excluding ortho intramolecular Hbond substituents is 1. The van der Waals surface area contributed by atoms with Crippen LogP contribution in [0.25, 0.3) is 0 Å². The molecule has 19 heavy (non-hydrogen) atoms. The van der Waals surface area contributed by atoms with Crippen LogP contribution in [0.4, 0.5) is 0 Å². The monoisotopic (exact) mass is 262 g/mol. The molecule has 0 spiro atoms. The van der Waals surface area contributed by atoms with Crippen molar-refractivity contribution in [3.8, 4) is 5.75 Å². The summed E-state index contributed by atoms with van der Waals surface area (Å²) in [6.45, 7) is 5.42. The van der Waals surface area contributed by atoms with Crippen molar-refractivity contribution in [2.75, 3.05) is 26.2 Å². The molecule has 2 rings (SSSR count). The molecule has 4 heteroatoms. The fourth-order valence-electron chi connectivity index (χ4n) is 2.42. The van der Waals surface area contributed by atoms with Crippen molar-refractivity contribution in [3.63, 3.8) is 0 Å². The maximum Gasteiger partial charge on any atom is 0.222 e. The van der Waals surface area contributed by atoms with Crippen LogP contribution in [0.2, 0.25) is 0 Å². The van der Waals surface area contributed by atoms with Crippen LogP contribution in [-0.2, 0) is 11.2 Å². The van der Waals surface area contributed by atoms with Crippen molar-refractivity contribution in [2.45, 2.75) is 26.2 Å². The minimum absolute atomic E-state index is 0.230. The van der Waals surface area contributed by atoms with E-state index in [4.69, 9.17) is 0 Å². The van der Waals surface area contributed by atoms with E-state index >= 15 is 0 Å². The minimum atomic E-state index is 0.230. The summed E-state index contributed by atoms with van der Waals surface area (Å²) in [5, 5.41) is 13.0. The Bertz CT molecular complexity index is 440. The fraction of sp³-hybridized carbons (Fsp3) is 0.533. The molecule has 1 aromatic carbocycles. The predicted octanol–water partition coefficient (Wildman–Crippen LogP) is 1.46. The van der Waals surface area contributed by atoms with Gasteiger partial charge in [-0.15, -0.1) is 0 Å². The molecule has 0 radical (unpaired) electrons. The van der Waals surface area contributed by atoms with E-state index < -0.39 is 0 Å². The van der Waals surface area contributed by atoms with Gasteiger partial charge in [-0.25, -0.2) is 0 Å². The van der Waals surface area contributed by atoms with Gasteiger partial charge in [0.1, 0.15) is 5.75 Å². The Balaban J connectivity index is 1.79. The lowest BCUT2D eigenvalue weighted by atomic mass is 10.0. The molecule has 104 valence electrons. The van der Waals surface area contributed by atoms with E-state index in [9.17, 15) is 9.90 Å². The Labute approximate surface area is 114 Å². The molecule has 0 aromatic heterocycles. The van der Waals surface area contributed by atoms with Crippen LogP contribution < -0.4 is 5.32 Å². The van der Waals surface area contributed by atoms with Gasteiger partial charge < -0.3 is 15.3 Å². The summed E-state index contributed by atoms with van der Waals surface area (Å²) in [5.74, 6) is 0.564. The molecular formula is C15H22N2O2. The van der Waals surface area contributed by atoms with Gasteiger partial charge in [0, 0.05) is 32.6 Å². The van der Waals surface area contributed by atoms with Crippen LogP contribution in [0.5, 0.6) is 5.75 Å². The average Bonchev–Trinajstić information content (AvgIpc) is 2.43. The lowest BCUT2D eigenvalue weighted by Crippen LogP contribution is -2.46. The van der Waals surface area contributed by atoms with Crippen molar-refractivity contribution in [2.24, 2.45) is 0 Å². The van der Waals surface area contributed by atoms with Crippen LogP contribution in [-0.4, -0.2) is 42.1 Å². The highest BCUT2D eigenvalue weighted by atomic mass is 16.3. The standard InChI is InChI=1S/C15H22N2O2/c1-12-5-6-14(18)13(11-12)3-2-4-15(19)17-9-7-16-8-10-17/h5-6,11,16,18H,2-4,7-10H2,1H3.